The van der Waals surface area contributed by atoms with Crippen LogP contribution in [0.3, 0.4) is 0 Å². The summed E-state index contributed by atoms with van der Waals surface area (Å²) in [6.07, 6.45) is 4.49. The fourth-order valence-electron chi connectivity index (χ4n) is 2.56. The molecule has 2 unspecified atom stereocenters. The molecule has 0 radical (unpaired) electrons. The van der Waals surface area contributed by atoms with E-state index >= 15 is 0 Å². The monoisotopic (exact) mass is 214 g/mol. The summed E-state index contributed by atoms with van der Waals surface area (Å²) in [5.74, 6) is 0.450. The van der Waals surface area contributed by atoms with Crippen molar-refractivity contribution in [3.63, 3.8) is 0 Å². The largest absolute Gasteiger partial charge is 0.393 e. The summed E-state index contributed by atoms with van der Waals surface area (Å²) in [7, 11) is 2.09. The fraction of sp³-hybridized carbons (Fsp3) is 1.00. The van der Waals surface area contributed by atoms with Gasteiger partial charge in [0, 0.05) is 18.6 Å². The quantitative estimate of drug-likeness (QED) is 0.739. The lowest BCUT2D eigenvalue weighted by Gasteiger charge is -2.33. The third kappa shape index (κ3) is 4.96. The SMILES string of the molecule is CN(CC1CCCCC1O)CC(C)(C)N. The number of aliphatic hydroxyl groups is 1. The fourth-order valence-corrected chi connectivity index (χ4v) is 2.56. The maximum absolute atomic E-state index is 9.86. The molecule has 90 valence electrons. The summed E-state index contributed by atoms with van der Waals surface area (Å²) < 4.78 is 0. The van der Waals surface area contributed by atoms with E-state index in [1.54, 1.807) is 0 Å². The number of rotatable bonds is 4. The van der Waals surface area contributed by atoms with Gasteiger partial charge in [-0.05, 0) is 39.7 Å². The summed E-state index contributed by atoms with van der Waals surface area (Å²) in [6, 6.07) is 0. The molecule has 1 saturated carbocycles. The number of likely N-dealkylation sites (N-methyl/N-ethyl adjacent to an activating group) is 1. The molecule has 0 saturated heterocycles. The molecule has 1 aliphatic carbocycles. The van der Waals surface area contributed by atoms with Gasteiger partial charge in [-0.1, -0.05) is 12.8 Å². The van der Waals surface area contributed by atoms with Crippen molar-refractivity contribution >= 4 is 0 Å². The Labute approximate surface area is 93.6 Å². The third-order valence-corrected chi connectivity index (χ3v) is 3.09. The highest BCUT2D eigenvalue weighted by molar-refractivity contribution is 4.80. The van der Waals surface area contributed by atoms with Gasteiger partial charge in [0.05, 0.1) is 6.10 Å². The molecule has 15 heavy (non-hydrogen) atoms. The summed E-state index contributed by atoms with van der Waals surface area (Å²) in [4.78, 5) is 2.25. The Kier molecular flexibility index (Phi) is 4.56. The average Bonchev–Trinajstić information content (AvgIpc) is 2.05. The van der Waals surface area contributed by atoms with Crippen molar-refractivity contribution in [3.05, 3.63) is 0 Å². The molecule has 0 heterocycles. The van der Waals surface area contributed by atoms with Crippen LogP contribution >= 0.6 is 0 Å². The molecule has 1 aliphatic rings. The minimum absolute atomic E-state index is 0.0953. The Balaban J connectivity index is 2.33. The molecule has 3 heteroatoms. The molecular weight excluding hydrogens is 188 g/mol. The van der Waals surface area contributed by atoms with Crippen LogP contribution < -0.4 is 5.73 Å². The molecule has 0 spiro atoms. The Bertz CT molecular complexity index is 189. The smallest absolute Gasteiger partial charge is 0.0580 e. The highest BCUT2D eigenvalue weighted by atomic mass is 16.3. The second-order valence-corrected chi connectivity index (χ2v) is 5.80. The molecular formula is C12H26N2O. The van der Waals surface area contributed by atoms with Crippen molar-refractivity contribution in [1.29, 1.82) is 0 Å². The first-order valence-electron chi connectivity index (χ1n) is 6.04. The van der Waals surface area contributed by atoms with Crippen LogP contribution in [0.25, 0.3) is 0 Å². The molecule has 0 amide bonds. The lowest BCUT2D eigenvalue weighted by molar-refractivity contribution is 0.0485. The van der Waals surface area contributed by atoms with E-state index in [0.29, 0.717) is 5.92 Å². The highest BCUT2D eigenvalue weighted by Crippen LogP contribution is 2.25. The van der Waals surface area contributed by atoms with Gasteiger partial charge < -0.3 is 15.7 Å². The molecule has 0 aromatic carbocycles. The number of hydrogen-bond acceptors (Lipinski definition) is 3. The van der Waals surface area contributed by atoms with E-state index in [2.05, 4.69) is 11.9 Å². The Morgan fingerprint density at radius 2 is 1.93 bits per heavy atom. The predicted octanol–water partition coefficient (Wildman–Crippen LogP) is 1.21. The molecule has 0 aliphatic heterocycles. The van der Waals surface area contributed by atoms with Crippen molar-refractivity contribution < 1.29 is 5.11 Å². The maximum Gasteiger partial charge on any atom is 0.0580 e. The molecule has 1 rings (SSSR count). The minimum atomic E-state index is -0.144. The van der Waals surface area contributed by atoms with Crippen LogP contribution in [0, 0.1) is 5.92 Å². The number of nitrogens with zero attached hydrogens (tertiary/aromatic N) is 1. The molecule has 1 fully saturated rings. The van der Waals surface area contributed by atoms with Gasteiger partial charge >= 0.3 is 0 Å². The highest BCUT2D eigenvalue weighted by Gasteiger charge is 2.25. The van der Waals surface area contributed by atoms with Crippen LogP contribution in [-0.4, -0.2) is 41.8 Å². The van der Waals surface area contributed by atoms with Gasteiger partial charge in [0.15, 0.2) is 0 Å². The average molecular weight is 214 g/mol. The summed E-state index contributed by atoms with van der Waals surface area (Å²) in [5, 5.41) is 9.86. The zero-order valence-electron chi connectivity index (χ0n) is 10.4. The van der Waals surface area contributed by atoms with Crippen LogP contribution in [0.15, 0.2) is 0 Å². The maximum atomic E-state index is 9.86. The topological polar surface area (TPSA) is 49.5 Å². The minimum Gasteiger partial charge on any atom is -0.393 e. The Morgan fingerprint density at radius 1 is 1.33 bits per heavy atom. The van der Waals surface area contributed by atoms with Gasteiger partial charge in [0.25, 0.3) is 0 Å². The first-order chi connectivity index (χ1) is 6.88. The number of hydrogen-bond donors (Lipinski definition) is 2. The first kappa shape index (κ1) is 12.9. The molecule has 3 N–H and O–H groups in total. The summed E-state index contributed by atoms with van der Waals surface area (Å²) in [5.41, 5.74) is 5.83. The van der Waals surface area contributed by atoms with E-state index in [-0.39, 0.29) is 11.6 Å². The predicted molar refractivity (Wildman–Crippen MR) is 63.7 cm³/mol. The first-order valence-corrected chi connectivity index (χ1v) is 6.04. The van der Waals surface area contributed by atoms with E-state index < -0.39 is 0 Å². The van der Waals surface area contributed by atoms with Gasteiger partial charge in [0.2, 0.25) is 0 Å². The Hall–Kier alpha value is -0.120. The normalized spacial score (nSPS) is 28.4. The lowest BCUT2D eigenvalue weighted by atomic mass is 9.86. The number of aliphatic hydroxyl groups excluding tert-OH is 1. The van der Waals surface area contributed by atoms with E-state index in [1.165, 1.54) is 12.8 Å². The second-order valence-electron chi connectivity index (χ2n) is 5.80. The van der Waals surface area contributed by atoms with Crippen LogP contribution in [-0.2, 0) is 0 Å². The van der Waals surface area contributed by atoms with Crippen molar-refractivity contribution in [3.8, 4) is 0 Å². The Morgan fingerprint density at radius 3 is 2.47 bits per heavy atom. The van der Waals surface area contributed by atoms with E-state index in [4.69, 9.17) is 5.73 Å². The van der Waals surface area contributed by atoms with Gasteiger partial charge in [-0.15, -0.1) is 0 Å². The van der Waals surface area contributed by atoms with Gasteiger partial charge in [0.1, 0.15) is 0 Å². The van der Waals surface area contributed by atoms with Crippen molar-refractivity contribution in [2.45, 2.75) is 51.2 Å². The molecule has 3 nitrogen and oxygen atoms in total. The van der Waals surface area contributed by atoms with E-state index in [0.717, 1.165) is 25.9 Å². The van der Waals surface area contributed by atoms with Crippen molar-refractivity contribution in [1.82, 2.24) is 4.90 Å². The van der Waals surface area contributed by atoms with Crippen LogP contribution in [0.1, 0.15) is 39.5 Å². The van der Waals surface area contributed by atoms with Gasteiger partial charge in [-0.25, -0.2) is 0 Å². The standard InChI is InChI=1S/C12H26N2O/c1-12(2,13)9-14(3)8-10-6-4-5-7-11(10)15/h10-11,15H,4-9,13H2,1-3H3. The van der Waals surface area contributed by atoms with Crippen molar-refractivity contribution in [2.24, 2.45) is 11.7 Å². The van der Waals surface area contributed by atoms with E-state index in [1.807, 2.05) is 13.8 Å². The van der Waals surface area contributed by atoms with Gasteiger partial charge in [-0.3, -0.25) is 0 Å². The van der Waals surface area contributed by atoms with Crippen LogP contribution in [0.5, 0.6) is 0 Å². The molecule has 0 aromatic heterocycles. The summed E-state index contributed by atoms with van der Waals surface area (Å²) >= 11 is 0. The van der Waals surface area contributed by atoms with Gasteiger partial charge in [-0.2, -0.15) is 0 Å². The molecule has 2 atom stereocenters. The van der Waals surface area contributed by atoms with Crippen LogP contribution in [0.4, 0.5) is 0 Å². The molecule has 0 aromatic rings. The molecule has 0 bridgehead atoms. The van der Waals surface area contributed by atoms with E-state index in [9.17, 15) is 5.11 Å². The zero-order chi connectivity index (χ0) is 11.5. The van der Waals surface area contributed by atoms with Crippen LogP contribution in [0.2, 0.25) is 0 Å². The second kappa shape index (κ2) is 5.28. The lowest BCUT2D eigenvalue weighted by Crippen LogP contribution is -2.46. The zero-order valence-corrected chi connectivity index (χ0v) is 10.4. The summed E-state index contributed by atoms with van der Waals surface area (Å²) in [6.45, 7) is 5.94. The third-order valence-electron chi connectivity index (χ3n) is 3.09. The number of nitrogens with two attached hydrogens (primary N) is 1. The van der Waals surface area contributed by atoms with Crippen molar-refractivity contribution in [2.75, 3.05) is 20.1 Å².